The maximum atomic E-state index is 15.0. The van der Waals surface area contributed by atoms with Crippen molar-refractivity contribution in [3.8, 4) is 0 Å². The van der Waals surface area contributed by atoms with E-state index in [2.05, 4.69) is 15.6 Å². The Morgan fingerprint density at radius 1 is 1.05 bits per heavy atom. The van der Waals surface area contributed by atoms with Crippen LogP contribution in [0.2, 0.25) is 0 Å². The number of amides is 2. The van der Waals surface area contributed by atoms with Gasteiger partial charge in [-0.1, -0.05) is 41.6 Å². The van der Waals surface area contributed by atoms with Crippen LogP contribution in [-0.4, -0.2) is 47.1 Å². The summed E-state index contributed by atoms with van der Waals surface area (Å²) in [5.41, 5.74) is -0.488. The number of nitrogens with one attached hydrogen (secondary N) is 1. The smallest absolute Gasteiger partial charge is 0.383 e. The van der Waals surface area contributed by atoms with Gasteiger partial charge in [-0.15, -0.1) is 5.10 Å². The minimum atomic E-state index is -4.72. The van der Waals surface area contributed by atoms with Crippen molar-refractivity contribution in [3.05, 3.63) is 89.7 Å². The largest absolute Gasteiger partial charge is 0.416 e. The Hall–Kier alpha value is -4.32. The van der Waals surface area contributed by atoms with E-state index in [9.17, 15) is 22.8 Å². The molecule has 2 amide bonds. The first-order chi connectivity index (χ1) is 18.2. The van der Waals surface area contributed by atoms with Crippen molar-refractivity contribution in [2.24, 2.45) is 0 Å². The monoisotopic (exact) mass is 529 g/mol. The summed E-state index contributed by atoms with van der Waals surface area (Å²) in [5.74, 6) is -2.42. The van der Waals surface area contributed by atoms with Crippen LogP contribution in [0.5, 0.6) is 0 Å². The molecular formula is C26H23F4N5O3. The molecule has 38 heavy (non-hydrogen) atoms. The number of ether oxygens (including phenoxy) is 1. The standard InChI is InChI=1S/C26H23F4N5O3/c1-38-14-13-31-25(37)24(19-9-2-3-10-20(19)27)35(18-8-6-7-17(15-18)26(28,29)30)23(36)16-34-22-12-5-4-11-21(22)32-33-34/h2-12,15,24H,13-14,16H2,1H3,(H,31,37). The molecule has 8 nitrogen and oxygen atoms in total. The molecule has 0 fully saturated rings. The molecule has 4 rings (SSSR count). The summed E-state index contributed by atoms with van der Waals surface area (Å²) in [5, 5.41) is 10.5. The van der Waals surface area contributed by atoms with Crippen LogP contribution in [0.1, 0.15) is 17.2 Å². The molecule has 0 radical (unpaired) electrons. The van der Waals surface area contributed by atoms with Crippen molar-refractivity contribution >= 4 is 28.5 Å². The van der Waals surface area contributed by atoms with Gasteiger partial charge in [0.05, 0.1) is 17.7 Å². The number of benzene rings is 3. The molecule has 1 aromatic heterocycles. The average molecular weight is 529 g/mol. The lowest BCUT2D eigenvalue weighted by molar-refractivity contribution is -0.137. The fraction of sp³-hybridized carbons (Fsp3) is 0.231. The molecule has 3 aromatic carbocycles. The SMILES string of the molecule is COCCNC(=O)C(c1ccccc1F)N(C(=O)Cn1nnc2ccccc21)c1cccc(C(F)(F)F)c1. The van der Waals surface area contributed by atoms with Crippen LogP contribution in [0, 0.1) is 5.82 Å². The predicted octanol–water partition coefficient (Wildman–Crippen LogP) is 4.13. The summed E-state index contributed by atoms with van der Waals surface area (Å²) in [7, 11) is 1.42. The maximum absolute atomic E-state index is 15.0. The third-order valence-electron chi connectivity index (χ3n) is 5.74. The number of hydrogen-bond acceptors (Lipinski definition) is 5. The van der Waals surface area contributed by atoms with Crippen molar-refractivity contribution < 1.29 is 31.9 Å². The summed E-state index contributed by atoms with van der Waals surface area (Å²) in [6.45, 7) is -0.329. The van der Waals surface area contributed by atoms with Crippen LogP contribution in [0.25, 0.3) is 11.0 Å². The third-order valence-corrected chi connectivity index (χ3v) is 5.74. The van der Waals surface area contributed by atoms with Crippen molar-refractivity contribution in [2.75, 3.05) is 25.2 Å². The number of carbonyl (C=O) groups is 2. The molecule has 1 N–H and O–H groups in total. The van der Waals surface area contributed by atoms with E-state index >= 15 is 4.39 Å². The van der Waals surface area contributed by atoms with Gasteiger partial charge >= 0.3 is 6.18 Å². The van der Waals surface area contributed by atoms with E-state index in [0.29, 0.717) is 11.0 Å². The molecular weight excluding hydrogens is 506 g/mol. The number of hydrogen-bond donors (Lipinski definition) is 1. The Bertz CT molecular complexity index is 1440. The first-order valence-electron chi connectivity index (χ1n) is 11.5. The van der Waals surface area contributed by atoms with Gasteiger partial charge in [0.2, 0.25) is 11.8 Å². The number of methoxy groups -OCH3 is 1. The van der Waals surface area contributed by atoms with Gasteiger partial charge in [0.1, 0.15) is 23.9 Å². The van der Waals surface area contributed by atoms with Crippen LogP contribution in [-0.2, 0) is 27.0 Å². The highest BCUT2D eigenvalue weighted by Crippen LogP contribution is 2.35. The number of aromatic nitrogens is 3. The van der Waals surface area contributed by atoms with E-state index in [1.165, 1.54) is 36.1 Å². The number of para-hydroxylation sites is 1. The Morgan fingerprint density at radius 3 is 2.53 bits per heavy atom. The average Bonchev–Trinajstić information content (AvgIpc) is 3.30. The van der Waals surface area contributed by atoms with Gasteiger partial charge in [0, 0.05) is 24.9 Å². The number of alkyl halides is 3. The maximum Gasteiger partial charge on any atom is 0.416 e. The van der Waals surface area contributed by atoms with Gasteiger partial charge in [0.15, 0.2) is 0 Å². The predicted molar refractivity (Wildman–Crippen MR) is 130 cm³/mol. The molecule has 0 aliphatic rings. The van der Waals surface area contributed by atoms with Gasteiger partial charge < -0.3 is 10.1 Å². The summed E-state index contributed by atoms with van der Waals surface area (Å²) >= 11 is 0. The highest BCUT2D eigenvalue weighted by Gasteiger charge is 2.37. The van der Waals surface area contributed by atoms with E-state index < -0.39 is 42.0 Å². The quantitative estimate of drug-likeness (QED) is 0.260. The normalized spacial score (nSPS) is 12.3. The molecule has 1 heterocycles. The van der Waals surface area contributed by atoms with Crippen molar-refractivity contribution in [1.82, 2.24) is 20.3 Å². The van der Waals surface area contributed by atoms with Gasteiger partial charge in [-0.3, -0.25) is 14.5 Å². The lowest BCUT2D eigenvalue weighted by Gasteiger charge is -2.32. The highest BCUT2D eigenvalue weighted by molar-refractivity contribution is 6.01. The molecule has 0 aliphatic carbocycles. The Kier molecular flexibility index (Phi) is 8.01. The van der Waals surface area contributed by atoms with Crippen LogP contribution in [0.3, 0.4) is 0 Å². The molecule has 0 spiro atoms. The first kappa shape index (κ1) is 26.7. The number of nitrogens with zero attached hydrogens (tertiary/aromatic N) is 4. The van der Waals surface area contributed by atoms with Crippen molar-refractivity contribution in [3.63, 3.8) is 0 Å². The molecule has 12 heteroatoms. The second-order valence-corrected chi connectivity index (χ2v) is 8.26. The molecule has 0 saturated carbocycles. The highest BCUT2D eigenvalue weighted by atomic mass is 19.4. The molecule has 198 valence electrons. The molecule has 1 unspecified atom stereocenters. The van der Waals surface area contributed by atoms with Gasteiger partial charge in [0.25, 0.3) is 0 Å². The molecule has 0 aliphatic heterocycles. The number of fused-ring (bicyclic) bond motifs is 1. The molecule has 0 bridgehead atoms. The first-order valence-corrected chi connectivity index (χ1v) is 11.5. The number of carbonyl (C=O) groups excluding carboxylic acids is 2. The summed E-state index contributed by atoms with van der Waals surface area (Å²) in [4.78, 5) is 28.1. The van der Waals surface area contributed by atoms with Gasteiger partial charge in [-0.25, -0.2) is 9.07 Å². The van der Waals surface area contributed by atoms with Crippen LogP contribution < -0.4 is 10.2 Å². The minimum absolute atomic E-state index is 0.0264. The summed E-state index contributed by atoms with van der Waals surface area (Å²) in [6.07, 6.45) is -4.72. The topological polar surface area (TPSA) is 89.4 Å². The van der Waals surface area contributed by atoms with E-state index in [4.69, 9.17) is 4.74 Å². The Balaban J connectivity index is 1.84. The lowest BCUT2D eigenvalue weighted by atomic mass is 10.0. The summed E-state index contributed by atoms with van der Waals surface area (Å²) < 4.78 is 62.0. The third kappa shape index (κ3) is 5.80. The van der Waals surface area contributed by atoms with Crippen LogP contribution in [0.15, 0.2) is 72.8 Å². The molecule has 1 atom stereocenters. The van der Waals surface area contributed by atoms with E-state index in [-0.39, 0.29) is 24.4 Å². The Labute approximate surface area is 214 Å². The number of anilines is 1. The van der Waals surface area contributed by atoms with E-state index in [1.807, 2.05) is 0 Å². The minimum Gasteiger partial charge on any atom is -0.383 e. The van der Waals surface area contributed by atoms with Crippen LogP contribution >= 0.6 is 0 Å². The van der Waals surface area contributed by atoms with Crippen molar-refractivity contribution in [1.29, 1.82) is 0 Å². The fourth-order valence-corrected chi connectivity index (χ4v) is 3.97. The lowest BCUT2D eigenvalue weighted by Crippen LogP contribution is -2.46. The second-order valence-electron chi connectivity index (χ2n) is 8.26. The van der Waals surface area contributed by atoms with Crippen molar-refractivity contribution in [2.45, 2.75) is 18.8 Å². The van der Waals surface area contributed by atoms with Gasteiger partial charge in [-0.2, -0.15) is 13.2 Å². The van der Waals surface area contributed by atoms with E-state index in [0.717, 1.165) is 29.2 Å². The van der Waals surface area contributed by atoms with E-state index in [1.54, 1.807) is 24.3 Å². The van der Waals surface area contributed by atoms with Gasteiger partial charge in [-0.05, 0) is 36.4 Å². The zero-order valence-corrected chi connectivity index (χ0v) is 20.2. The summed E-state index contributed by atoms with van der Waals surface area (Å²) in [6, 6.07) is 14.4. The Morgan fingerprint density at radius 2 is 1.79 bits per heavy atom. The second kappa shape index (κ2) is 11.4. The fourth-order valence-electron chi connectivity index (χ4n) is 3.97. The van der Waals surface area contributed by atoms with Crippen LogP contribution in [0.4, 0.5) is 23.2 Å². The zero-order valence-electron chi connectivity index (χ0n) is 20.2. The molecule has 0 saturated heterocycles. The molecule has 4 aromatic rings. The number of rotatable bonds is 9. The number of halogens is 4. The zero-order chi connectivity index (χ0) is 27.3.